The Labute approximate surface area is 175 Å². The SMILES string of the molecule is CC(C)n1ncc2ccc(-c3noc(C4CCN(C(=O)OC(C)(C)C)CC4)n3)nc21. The highest BCUT2D eigenvalue weighted by atomic mass is 16.6. The van der Waals surface area contributed by atoms with Gasteiger partial charge in [0.2, 0.25) is 11.7 Å². The monoisotopic (exact) mass is 412 g/mol. The van der Waals surface area contributed by atoms with Crippen molar-refractivity contribution in [2.24, 2.45) is 0 Å². The molecule has 0 bridgehead atoms. The maximum absolute atomic E-state index is 12.2. The van der Waals surface area contributed by atoms with E-state index in [2.05, 4.69) is 29.1 Å². The molecule has 1 saturated heterocycles. The van der Waals surface area contributed by atoms with Crippen molar-refractivity contribution in [3.05, 3.63) is 24.2 Å². The van der Waals surface area contributed by atoms with E-state index < -0.39 is 5.60 Å². The van der Waals surface area contributed by atoms with E-state index >= 15 is 0 Å². The van der Waals surface area contributed by atoms with E-state index in [1.807, 2.05) is 43.8 Å². The van der Waals surface area contributed by atoms with Crippen LogP contribution < -0.4 is 0 Å². The van der Waals surface area contributed by atoms with Crippen LogP contribution in [0, 0.1) is 0 Å². The minimum absolute atomic E-state index is 0.120. The smallest absolute Gasteiger partial charge is 0.410 e. The van der Waals surface area contributed by atoms with Crippen LogP contribution in [0.1, 0.15) is 65.3 Å². The van der Waals surface area contributed by atoms with Gasteiger partial charge in [0, 0.05) is 30.4 Å². The van der Waals surface area contributed by atoms with Crippen LogP contribution in [-0.2, 0) is 4.74 Å². The molecular weight excluding hydrogens is 384 g/mol. The molecule has 160 valence electrons. The number of nitrogens with zero attached hydrogens (tertiary/aromatic N) is 6. The Bertz CT molecular complexity index is 1040. The van der Waals surface area contributed by atoms with Crippen molar-refractivity contribution in [2.45, 2.75) is 65.0 Å². The molecule has 1 aliphatic rings. The zero-order chi connectivity index (χ0) is 21.5. The van der Waals surface area contributed by atoms with Gasteiger partial charge >= 0.3 is 6.09 Å². The predicted molar refractivity (Wildman–Crippen MR) is 111 cm³/mol. The topological polar surface area (TPSA) is 99.2 Å². The Morgan fingerprint density at radius 2 is 1.93 bits per heavy atom. The fourth-order valence-corrected chi connectivity index (χ4v) is 3.57. The normalized spacial score (nSPS) is 15.9. The molecule has 0 saturated carbocycles. The summed E-state index contributed by atoms with van der Waals surface area (Å²) >= 11 is 0. The fraction of sp³-hybridized carbons (Fsp3) is 0.571. The van der Waals surface area contributed by atoms with Crippen molar-refractivity contribution in [1.82, 2.24) is 29.8 Å². The number of carbonyl (C=O) groups is 1. The first kappa shape index (κ1) is 20.3. The quantitative estimate of drug-likeness (QED) is 0.636. The summed E-state index contributed by atoms with van der Waals surface area (Å²) in [4.78, 5) is 23.3. The van der Waals surface area contributed by atoms with Crippen LogP contribution >= 0.6 is 0 Å². The van der Waals surface area contributed by atoms with Gasteiger partial charge in [0.15, 0.2) is 5.65 Å². The minimum Gasteiger partial charge on any atom is -0.444 e. The van der Waals surface area contributed by atoms with Gasteiger partial charge in [-0.3, -0.25) is 0 Å². The van der Waals surface area contributed by atoms with Crippen molar-refractivity contribution in [2.75, 3.05) is 13.1 Å². The molecule has 0 radical (unpaired) electrons. The first-order valence-electron chi connectivity index (χ1n) is 10.4. The van der Waals surface area contributed by atoms with Gasteiger partial charge in [-0.1, -0.05) is 5.16 Å². The second kappa shape index (κ2) is 7.70. The largest absolute Gasteiger partial charge is 0.444 e. The Morgan fingerprint density at radius 1 is 1.20 bits per heavy atom. The first-order valence-corrected chi connectivity index (χ1v) is 10.4. The molecule has 3 aromatic heterocycles. The maximum Gasteiger partial charge on any atom is 0.410 e. The van der Waals surface area contributed by atoms with E-state index in [4.69, 9.17) is 14.2 Å². The Kier molecular flexibility index (Phi) is 5.21. The fourth-order valence-electron chi connectivity index (χ4n) is 3.57. The number of hydrogen-bond acceptors (Lipinski definition) is 7. The summed E-state index contributed by atoms with van der Waals surface area (Å²) in [5, 5.41) is 9.52. The molecule has 1 fully saturated rings. The molecule has 9 nitrogen and oxygen atoms in total. The van der Waals surface area contributed by atoms with Crippen LogP contribution in [0.5, 0.6) is 0 Å². The lowest BCUT2D eigenvalue weighted by atomic mass is 9.97. The lowest BCUT2D eigenvalue weighted by Crippen LogP contribution is -2.41. The molecule has 0 unspecified atom stereocenters. The molecule has 4 heterocycles. The minimum atomic E-state index is -0.492. The third-order valence-corrected chi connectivity index (χ3v) is 5.10. The summed E-state index contributed by atoms with van der Waals surface area (Å²) in [6.45, 7) is 11.0. The number of fused-ring (bicyclic) bond motifs is 1. The van der Waals surface area contributed by atoms with Gasteiger partial charge in [0.1, 0.15) is 11.3 Å². The molecular formula is C21H28N6O3. The zero-order valence-corrected chi connectivity index (χ0v) is 18.1. The van der Waals surface area contributed by atoms with Gasteiger partial charge in [-0.15, -0.1) is 0 Å². The lowest BCUT2D eigenvalue weighted by Gasteiger charge is -2.32. The highest BCUT2D eigenvalue weighted by Gasteiger charge is 2.30. The number of hydrogen-bond donors (Lipinski definition) is 0. The van der Waals surface area contributed by atoms with Gasteiger partial charge in [-0.25, -0.2) is 14.5 Å². The molecule has 0 N–H and O–H groups in total. The Morgan fingerprint density at radius 3 is 2.60 bits per heavy atom. The third kappa shape index (κ3) is 4.15. The van der Waals surface area contributed by atoms with Crippen LogP contribution in [0.3, 0.4) is 0 Å². The van der Waals surface area contributed by atoms with E-state index in [0.29, 0.717) is 30.5 Å². The number of pyridine rings is 1. The van der Waals surface area contributed by atoms with E-state index in [0.717, 1.165) is 23.9 Å². The van der Waals surface area contributed by atoms with Gasteiger partial charge < -0.3 is 14.2 Å². The van der Waals surface area contributed by atoms with Crippen LogP contribution in [0.15, 0.2) is 22.9 Å². The first-order chi connectivity index (χ1) is 14.2. The number of ether oxygens (including phenoxy) is 1. The number of carbonyl (C=O) groups excluding carboxylic acids is 1. The molecule has 0 aromatic carbocycles. The summed E-state index contributed by atoms with van der Waals surface area (Å²) in [6.07, 6.45) is 3.05. The number of amides is 1. The number of rotatable bonds is 3. The highest BCUT2D eigenvalue weighted by Crippen LogP contribution is 2.29. The summed E-state index contributed by atoms with van der Waals surface area (Å²) in [5.41, 5.74) is 0.972. The Hall–Kier alpha value is -2.97. The summed E-state index contributed by atoms with van der Waals surface area (Å²) < 4.78 is 12.9. The van der Waals surface area contributed by atoms with Crippen LogP contribution in [0.4, 0.5) is 4.79 Å². The summed E-state index contributed by atoms with van der Waals surface area (Å²) in [6, 6.07) is 4.06. The standard InChI is InChI=1S/C21H28N6O3/c1-13(2)27-18-15(12-22-27)6-7-16(23-18)17-24-19(30-25-17)14-8-10-26(11-9-14)20(28)29-21(3,4)5/h6-7,12-14H,8-11H2,1-5H3. The van der Waals surface area contributed by atoms with E-state index in [-0.39, 0.29) is 18.1 Å². The summed E-state index contributed by atoms with van der Waals surface area (Å²) in [5.74, 6) is 1.18. The third-order valence-electron chi connectivity index (χ3n) is 5.10. The van der Waals surface area contributed by atoms with E-state index in [9.17, 15) is 4.79 Å². The van der Waals surface area contributed by atoms with Crippen molar-refractivity contribution in [3.63, 3.8) is 0 Å². The molecule has 9 heteroatoms. The second-order valence-electron chi connectivity index (χ2n) is 8.99. The van der Waals surface area contributed by atoms with Gasteiger partial charge in [-0.05, 0) is 59.6 Å². The van der Waals surface area contributed by atoms with E-state index in [1.54, 1.807) is 4.90 Å². The van der Waals surface area contributed by atoms with Crippen LogP contribution in [0.25, 0.3) is 22.6 Å². The van der Waals surface area contributed by atoms with Crippen LogP contribution in [0.2, 0.25) is 0 Å². The van der Waals surface area contributed by atoms with Gasteiger partial charge in [0.05, 0.1) is 6.20 Å². The lowest BCUT2D eigenvalue weighted by molar-refractivity contribution is 0.0198. The average molecular weight is 412 g/mol. The highest BCUT2D eigenvalue weighted by molar-refractivity contribution is 5.77. The predicted octanol–water partition coefficient (Wildman–Crippen LogP) is 4.18. The molecule has 30 heavy (non-hydrogen) atoms. The molecule has 0 atom stereocenters. The molecule has 0 spiro atoms. The maximum atomic E-state index is 12.2. The molecule has 1 aliphatic heterocycles. The van der Waals surface area contributed by atoms with Crippen molar-refractivity contribution in [1.29, 1.82) is 0 Å². The van der Waals surface area contributed by atoms with Crippen molar-refractivity contribution in [3.8, 4) is 11.5 Å². The Balaban J connectivity index is 1.46. The molecule has 4 rings (SSSR count). The molecule has 3 aromatic rings. The second-order valence-corrected chi connectivity index (χ2v) is 8.99. The van der Waals surface area contributed by atoms with Crippen LogP contribution in [-0.4, -0.2) is 54.6 Å². The number of piperidine rings is 1. The van der Waals surface area contributed by atoms with Gasteiger partial charge in [0.25, 0.3) is 0 Å². The van der Waals surface area contributed by atoms with Crippen molar-refractivity contribution < 1.29 is 14.1 Å². The van der Waals surface area contributed by atoms with Gasteiger partial charge in [-0.2, -0.15) is 10.1 Å². The number of likely N-dealkylation sites (tertiary alicyclic amines) is 1. The summed E-state index contributed by atoms with van der Waals surface area (Å²) in [7, 11) is 0. The van der Waals surface area contributed by atoms with E-state index in [1.165, 1.54) is 0 Å². The molecule has 0 aliphatic carbocycles. The zero-order valence-electron chi connectivity index (χ0n) is 18.1. The van der Waals surface area contributed by atoms with Crippen molar-refractivity contribution >= 4 is 17.1 Å². The molecule has 1 amide bonds. The number of aromatic nitrogens is 5. The average Bonchev–Trinajstić information content (AvgIpc) is 3.33.